The van der Waals surface area contributed by atoms with E-state index < -0.39 is 0 Å². The molecule has 2 N–H and O–H groups in total. The van der Waals surface area contributed by atoms with Crippen LogP contribution in [0.5, 0.6) is 0 Å². The van der Waals surface area contributed by atoms with Gasteiger partial charge in [0.05, 0.1) is 0 Å². The fourth-order valence-corrected chi connectivity index (χ4v) is 3.17. The van der Waals surface area contributed by atoms with Crippen molar-refractivity contribution < 1.29 is 4.79 Å². The molecule has 0 radical (unpaired) electrons. The Balaban J connectivity index is 1.92. The van der Waals surface area contributed by atoms with Gasteiger partial charge in [-0.2, -0.15) is 0 Å². The largest absolute Gasteiger partial charge is 0.372 e. The van der Waals surface area contributed by atoms with Gasteiger partial charge in [-0.05, 0) is 69.0 Å². The lowest BCUT2D eigenvalue weighted by molar-refractivity contribution is 0.0922. The summed E-state index contributed by atoms with van der Waals surface area (Å²) < 4.78 is 0. The second-order valence-corrected chi connectivity index (χ2v) is 6.87. The lowest BCUT2D eigenvalue weighted by Gasteiger charge is -2.34. The average Bonchev–Trinajstić information content (AvgIpc) is 2.58. The molecule has 1 aromatic rings. The van der Waals surface area contributed by atoms with Crippen LogP contribution in [0.3, 0.4) is 0 Å². The van der Waals surface area contributed by atoms with Crippen LogP contribution in [0.4, 0.5) is 5.69 Å². The molecule has 0 atom stereocenters. The molecule has 23 heavy (non-hydrogen) atoms. The molecule has 1 heterocycles. The first-order chi connectivity index (χ1) is 11.1. The van der Waals surface area contributed by atoms with E-state index in [-0.39, 0.29) is 11.3 Å². The summed E-state index contributed by atoms with van der Waals surface area (Å²) in [6, 6.07) is 7.99. The Morgan fingerprint density at radius 1 is 1.22 bits per heavy atom. The van der Waals surface area contributed by atoms with Gasteiger partial charge in [0.25, 0.3) is 5.91 Å². The monoisotopic (exact) mass is 317 g/mol. The molecular weight excluding hydrogens is 286 g/mol. The van der Waals surface area contributed by atoms with E-state index in [4.69, 9.17) is 0 Å². The number of piperidine rings is 1. The minimum atomic E-state index is 0.0369. The van der Waals surface area contributed by atoms with E-state index >= 15 is 0 Å². The molecule has 0 saturated carbocycles. The van der Waals surface area contributed by atoms with Gasteiger partial charge in [-0.15, -0.1) is 0 Å². The zero-order valence-corrected chi connectivity index (χ0v) is 14.8. The van der Waals surface area contributed by atoms with Gasteiger partial charge in [0, 0.05) is 30.9 Å². The van der Waals surface area contributed by atoms with Gasteiger partial charge in [-0.25, -0.2) is 0 Å². The number of hydrogen-bond acceptors (Lipinski definition) is 3. The van der Waals surface area contributed by atoms with Crippen molar-refractivity contribution in [3.63, 3.8) is 0 Å². The van der Waals surface area contributed by atoms with Gasteiger partial charge in [0.15, 0.2) is 0 Å². The average molecular weight is 317 g/mol. The molecule has 1 saturated heterocycles. The number of anilines is 1. The van der Waals surface area contributed by atoms with E-state index in [2.05, 4.69) is 48.4 Å². The van der Waals surface area contributed by atoms with E-state index in [0.717, 1.165) is 57.5 Å². The molecule has 4 nitrogen and oxygen atoms in total. The molecule has 1 aliphatic heterocycles. The third kappa shape index (κ3) is 4.96. The van der Waals surface area contributed by atoms with Gasteiger partial charge >= 0.3 is 0 Å². The predicted molar refractivity (Wildman–Crippen MR) is 97.2 cm³/mol. The molecule has 4 heteroatoms. The minimum Gasteiger partial charge on any atom is -0.372 e. The van der Waals surface area contributed by atoms with E-state index in [1.165, 1.54) is 5.69 Å². The smallest absolute Gasteiger partial charge is 0.251 e. The molecule has 0 aromatic heterocycles. The molecule has 1 amide bonds. The number of carbonyl (C=O) groups is 1. The molecule has 128 valence electrons. The maximum absolute atomic E-state index is 12.4. The number of hydrogen-bond donors (Lipinski definition) is 2. The van der Waals surface area contributed by atoms with E-state index in [0.29, 0.717) is 0 Å². The number of carbonyl (C=O) groups excluding carboxylic acids is 1. The highest BCUT2D eigenvalue weighted by atomic mass is 16.1. The zero-order chi connectivity index (χ0) is 16.7. The van der Waals surface area contributed by atoms with Crippen LogP contribution in [0.15, 0.2) is 24.3 Å². The van der Waals surface area contributed by atoms with E-state index in [1.807, 2.05) is 12.1 Å². The van der Waals surface area contributed by atoms with Crippen molar-refractivity contribution in [1.82, 2.24) is 10.6 Å². The summed E-state index contributed by atoms with van der Waals surface area (Å²) in [4.78, 5) is 14.7. The first-order valence-corrected chi connectivity index (χ1v) is 8.92. The fourth-order valence-electron chi connectivity index (χ4n) is 3.17. The van der Waals surface area contributed by atoms with Gasteiger partial charge in [-0.3, -0.25) is 4.79 Å². The number of rotatable bonds is 7. The molecule has 1 aromatic carbocycles. The molecule has 0 bridgehead atoms. The zero-order valence-electron chi connectivity index (χ0n) is 14.8. The second-order valence-electron chi connectivity index (χ2n) is 6.87. The van der Waals surface area contributed by atoms with Crippen LogP contribution in [-0.2, 0) is 0 Å². The van der Waals surface area contributed by atoms with E-state index in [9.17, 15) is 4.79 Å². The Morgan fingerprint density at radius 2 is 1.87 bits per heavy atom. The molecule has 1 fully saturated rings. The first-order valence-electron chi connectivity index (χ1n) is 8.92. The Morgan fingerprint density at radius 3 is 2.43 bits per heavy atom. The van der Waals surface area contributed by atoms with Crippen molar-refractivity contribution in [2.24, 2.45) is 5.41 Å². The third-order valence-electron chi connectivity index (χ3n) is 4.86. The molecule has 2 rings (SSSR count). The van der Waals surface area contributed by atoms with Crippen molar-refractivity contribution in [1.29, 1.82) is 0 Å². The maximum Gasteiger partial charge on any atom is 0.251 e. The summed E-state index contributed by atoms with van der Waals surface area (Å²) in [6.45, 7) is 11.5. The number of benzene rings is 1. The lowest BCUT2D eigenvalue weighted by atomic mass is 9.81. The SMILES string of the molecule is CCCN(CC)c1ccc(C(=O)NCC2(C)CCNCC2)cc1. The summed E-state index contributed by atoms with van der Waals surface area (Å²) in [7, 11) is 0. The Labute approximate surface area is 140 Å². The topological polar surface area (TPSA) is 44.4 Å². The summed E-state index contributed by atoms with van der Waals surface area (Å²) in [5, 5.41) is 6.49. The fraction of sp³-hybridized carbons (Fsp3) is 0.632. The van der Waals surface area contributed by atoms with Gasteiger partial charge in [-0.1, -0.05) is 13.8 Å². The van der Waals surface area contributed by atoms with Crippen LogP contribution in [0.25, 0.3) is 0 Å². The van der Waals surface area contributed by atoms with Crippen molar-refractivity contribution >= 4 is 11.6 Å². The van der Waals surface area contributed by atoms with Crippen molar-refractivity contribution in [2.75, 3.05) is 37.6 Å². The highest BCUT2D eigenvalue weighted by Gasteiger charge is 2.27. The normalized spacial score (nSPS) is 16.8. The van der Waals surface area contributed by atoms with Crippen molar-refractivity contribution in [3.8, 4) is 0 Å². The highest BCUT2D eigenvalue weighted by Crippen LogP contribution is 2.26. The van der Waals surface area contributed by atoms with Crippen LogP contribution >= 0.6 is 0 Å². The summed E-state index contributed by atoms with van der Waals surface area (Å²) >= 11 is 0. The van der Waals surface area contributed by atoms with Gasteiger partial charge in [0.2, 0.25) is 0 Å². The van der Waals surface area contributed by atoms with Gasteiger partial charge < -0.3 is 15.5 Å². The maximum atomic E-state index is 12.4. The standard InChI is InChI=1S/C19H31N3O/c1-4-14-22(5-2)17-8-6-16(7-9-17)18(23)21-15-19(3)10-12-20-13-11-19/h6-9,20H,4-5,10-15H2,1-3H3,(H,21,23). The first kappa shape index (κ1) is 17.8. The quantitative estimate of drug-likeness (QED) is 0.812. The van der Waals surface area contributed by atoms with Crippen LogP contribution in [0.2, 0.25) is 0 Å². The lowest BCUT2D eigenvalue weighted by Crippen LogP contribution is -2.42. The highest BCUT2D eigenvalue weighted by molar-refractivity contribution is 5.94. The van der Waals surface area contributed by atoms with E-state index in [1.54, 1.807) is 0 Å². The minimum absolute atomic E-state index is 0.0369. The number of amides is 1. The molecule has 1 aliphatic rings. The molecule has 0 unspecified atom stereocenters. The predicted octanol–water partition coefficient (Wildman–Crippen LogP) is 3.04. The van der Waals surface area contributed by atoms with Crippen LogP contribution < -0.4 is 15.5 Å². The molecule has 0 aliphatic carbocycles. The van der Waals surface area contributed by atoms with Gasteiger partial charge in [0.1, 0.15) is 0 Å². The van der Waals surface area contributed by atoms with Crippen LogP contribution in [0, 0.1) is 5.41 Å². The number of nitrogens with zero attached hydrogens (tertiary/aromatic N) is 1. The summed E-state index contributed by atoms with van der Waals surface area (Å²) in [5.74, 6) is 0.0369. The molecular formula is C19H31N3O. The second kappa shape index (κ2) is 8.34. The summed E-state index contributed by atoms with van der Waals surface area (Å²) in [5.41, 5.74) is 2.16. The number of nitrogens with one attached hydrogen (secondary N) is 2. The van der Waals surface area contributed by atoms with Crippen molar-refractivity contribution in [2.45, 2.75) is 40.0 Å². The summed E-state index contributed by atoms with van der Waals surface area (Å²) in [6.07, 6.45) is 3.37. The Kier molecular flexibility index (Phi) is 6.46. The van der Waals surface area contributed by atoms with Crippen molar-refractivity contribution in [3.05, 3.63) is 29.8 Å². The Bertz CT molecular complexity index is 492. The van der Waals surface area contributed by atoms with Crippen LogP contribution in [-0.4, -0.2) is 38.6 Å². The third-order valence-corrected chi connectivity index (χ3v) is 4.86. The molecule has 0 spiro atoms. The van der Waals surface area contributed by atoms with Crippen LogP contribution in [0.1, 0.15) is 50.4 Å². The Hall–Kier alpha value is -1.55.